The average Bonchev–Trinajstić information content (AvgIpc) is 2.60. The van der Waals surface area contributed by atoms with Crippen LogP contribution in [0.3, 0.4) is 0 Å². The number of H-pyrrole nitrogens is 1. The van der Waals surface area contributed by atoms with E-state index in [0.29, 0.717) is 5.82 Å². The molecule has 0 saturated carbocycles. The highest BCUT2D eigenvalue weighted by molar-refractivity contribution is 5.33. The van der Waals surface area contributed by atoms with Crippen molar-refractivity contribution in [1.29, 1.82) is 0 Å². The molecule has 2 heterocycles. The van der Waals surface area contributed by atoms with Gasteiger partial charge >= 0.3 is 0 Å². The highest BCUT2D eigenvalue weighted by Gasteiger charge is 2.35. The molecule has 1 aliphatic heterocycles. The van der Waals surface area contributed by atoms with E-state index in [0.717, 1.165) is 18.8 Å². The maximum Gasteiger partial charge on any atom is 0.145 e. The van der Waals surface area contributed by atoms with E-state index in [-0.39, 0.29) is 5.41 Å². The van der Waals surface area contributed by atoms with E-state index in [9.17, 15) is 0 Å². The topological polar surface area (TPSA) is 57.9 Å². The molecule has 0 radical (unpaired) electrons. The largest absolute Gasteiger partial charge is 0.382 e. The molecule has 0 aliphatic carbocycles. The number of anilines is 1. The number of nitrogen functional groups attached to an aromatic ring is 1. The molecule has 1 unspecified atom stereocenters. The molecule has 0 amide bonds. The maximum atomic E-state index is 5.58. The lowest BCUT2D eigenvalue weighted by atomic mass is 9.86. The van der Waals surface area contributed by atoms with Crippen molar-refractivity contribution in [3.05, 3.63) is 11.8 Å². The number of likely N-dealkylation sites (N-methyl/N-ethyl adjacent to an activating group) is 1. The average molecular weight is 180 g/mol. The van der Waals surface area contributed by atoms with Crippen LogP contribution >= 0.6 is 0 Å². The summed E-state index contributed by atoms with van der Waals surface area (Å²) in [5.74, 6) is 0.589. The first-order valence-electron chi connectivity index (χ1n) is 4.60. The molecule has 0 spiro atoms. The number of nitrogens with zero attached hydrogens (tertiary/aromatic N) is 2. The van der Waals surface area contributed by atoms with Gasteiger partial charge in [0, 0.05) is 23.7 Å². The smallest absolute Gasteiger partial charge is 0.145 e. The predicted molar refractivity (Wildman–Crippen MR) is 52.5 cm³/mol. The normalized spacial score (nSPS) is 29.7. The summed E-state index contributed by atoms with van der Waals surface area (Å²) in [5, 5.41) is 6.97. The Morgan fingerprint density at radius 3 is 2.92 bits per heavy atom. The lowest BCUT2D eigenvalue weighted by molar-refractivity contribution is 0.377. The van der Waals surface area contributed by atoms with Crippen molar-refractivity contribution in [2.75, 3.05) is 25.9 Å². The van der Waals surface area contributed by atoms with Crippen molar-refractivity contribution in [3.63, 3.8) is 0 Å². The van der Waals surface area contributed by atoms with E-state index in [1.165, 1.54) is 6.42 Å². The van der Waals surface area contributed by atoms with Crippen molar-refractivity contribution in [2.45, 2.75) is 18.8 Å². The Balaban J connectivity index is 2.25. The van der Waals surface area contributed by atoms with Crippen LogP contribution in [-0.4, -0.2) is 35.2 Å². The van der Waals surface area contributed by atoms with E-state index < -0.39 is 0 Å². The van der Waals surface area contributed by atoms with Gasteiger partial charge in [-0.15, -0.1) is 0 Å². The predicted octanol–water partition coefficient (Wildman–Crippen LogP) is 0.585. The van der Waals surface area contributed by atoms with Crippen molar-refractivity contribution in [2.24, 2.45) is 0 Å². The lowest BCUT2D eigenvalue weighted by Crippen LogP contribution is -2.26. The first kappa shape index (κ1) is 8.56. The minimum Gasteiger partial charge on any atom is -0.382 e. The third-order valence-corrected chi connectivity index (χ3v) is 2.91. The Labute approximate surface area is 78.1 Å². The van der Waals surface area contributed by atoms with Crippen molar-refractivity contribution >= 4 is 5.82 Å². The molecule has 1 atom stereocenters. The van der Waals surface area contributed by atoms with Gasteiger partial charge in [0.25, 0.3) is 0 Å². The fourth-order valence-electron chi connectivity index (χ4n) is 2.06. The number of rotatable bonds is 1. The van der Waals surface area contributed by atoms with Gasteiger partial charge < -0.3 is 10.6 Å². The van der Waals surface area contributed by atoms with Crippen molar-refractivity contribution in [3.8, 4) is 0 Å². The van der Waals surface area contributed by atoms with Gasteiger partial charge in [-0.25, -0.2) is 0 Å². The maximum absolute atomic E-state index is 5.58. The second-order valence-corrected chi connectivity index (χ2v) is 4.25. The van der Waals surface area contributed by atoms with Crippen LogP contribution < -0.4 is 5.73 Å². The number of aromatic amines is 1. The highest BCUT2D eigenvalue weighted by Crippen LogP contribution is 2.32. The van der Waals surface area contributed by atoms with Crippen LogP contribution in [-0.2, 0) is 5.41 Å². The minimum absolute atomic E-state index is 0.208. The Hall–Kier alpha value is -1.03. The molecular weight excluding hydrogens is 164 g/mol. The van der Waals surface area contributed by atoms with E-state index >= 15 is 0 Å². The minimum atomic E-state index is 0.208. The van der Waals surface area contributed by atoms with Gasteiger partial charge in [0.2, 0.25) is 0 Å². The van der Waals surface area contributed by atoms with Gasteiger partial charge in [0.1, 0.15) is 5.82 Å². The third kappa shape index (κ3) is 1.42. The van der Waals surface area contributed by atoms with Crippen molar-refractivity contribution < 1.29 is 0 Å². The number of nitrogens with two attached hydrogens (primary N) is 1. The zero-order valence-electron chi connectivity index (χ0n) is 8.17. The SMILES string of the molecule is CN1CCC(C)(c2cc(N)n[nH]2)C1. The van der Waals surface area contributed by atoms with Gasteiger partial charge in [-0.05, 0) is 20.0 Å². The molecule has 3 N–H and O–H groups in total. The van der Waals surface area contributed by atoms with Crippen LogP contribution in [0.2, 0.25) is 0 Å². The Bertz CT molecular complexity index is 306. The van der Waals surface area contributed by atoms with E-state index in [1.807, 2.05) is 6.07 Å². The van der Waals surface area contributed by atoms with Crippen LogP contribution in [0.15, 0.2) is 6.07 Å². The van der Waals surface area contributed by atoms with Gasteiger partial charge in [-0.3, -0.25) is 5.10 Å². The summed E-state index contributed by atoms with van der Waals surface area (Å²) in [4.78, 5) is 2.33. The molecule has 2 rings (SSSR count). The summed E-state index contributed by atoms with van der Waals surface area (Å²) in [7, 11) is 2.14. The molecule has 1 aromatic heterocycles. The molecule has 4 nitrogen and oxygen atoms in total. The highest BCUT2D eigenvalue weighted by atomic mass is 15.2. The van der Waals surface area contributed by atoms with Crippen LogP contribution in [0, 0.1) is 0 Å². The molecule has 0 bridgehead atoms. The molecule has 4 heteroatoms. The first-order chi connectivity index (χ1) is 6.10. The first-order valence-corrected chi connectivity index (χ1v) is 4.60. The Morgan fingerprint density at radius 2 is 2.46 bits per heavy atom. The molecule has 13 heavy (non-hydrogen) atoms. The fourth-order valence-corrected chi connectivity index (χ4v) is 2.06. The van der Waals surface area contributed by atoms with Crippen LogP contribution in [0.1, 0.15) is 19.0 Å². The molecule has 1 aliphatic rings. The zero-order valence-corrected chi connectivity index (χ0v) is 8.17. The van der Waals surface area contributed by atoms with E-state index in [4.69, 9.17) is 5.73 Å². The summed E-state index contributed by atoms with van der Waals surface area (Å²) in [6, 6.07) is 1.94. The zero-order chi connectivity index (χ0) is 9.47. The number of hydrogen-bond acceptors (Lipinski definition) is 3. The van der Waals surface area contributed by atoms with Gasteiger partial charge in [0.05, 0.1) is 0 Å². The van der Waals surface area contributed by atoms with Crippen LogP contribution in [0.25, 0.3) is 0 Å². The monoisotopic (exact) mass is 180 g/mol. The second-order valence-electron chi connectivity index (χ2n) is 4.25. The van der Waals surface area contributed by atoms with E-state index in [1.54, 1.807) is 0 Å². The summed E-state index contributed by atoms with van der Waals surface area (Å²) < 4.78 is 0. The number of nitrogens with one attached hydrogen (secondary N) is 1. The fraction of sp³-hybridized carbons (Fsp3) is 0.667. The second kappa shape index (κ2) is 2.73. The van der Waals surface area contributed by atoms with E-state index in [2.05, 4.69) is 29.1 Å². The van der Waals surface area contributed by atoms with Crippen LogP contribution in [0.5, 0.6) is 0 Å². The Kier molecular flexibility index (Phi) is 1.80. The summed E-state index contributed by atoms with van der Waals surface area (Å²) in [6.07, 6.45) is 1.17. The molecule has 1 fully saturated rings. The third-order valence-electron chi connectivity index (χ3n) is 2.91. The van der Waals surface area contributed by atoms with Gasteiger partial charge in [0.15, 0.2) is 0 Å². The summed E-state index contributed by atoms with van der Waals surface area (Å²) >= 11 is 0. The van der Waals surface area contributed by atoms with Gasteiger partial charge in [-0.2, -0.15) is 5.10 Å². The van der Waals surface area contributed by atoms with Crippen LogP contribution in [0.4, 0.5) is 5.82 Å². The molecule has 1 aromatic rings. The number of aromatic nitrogens is 2. The number of hydrogen-bond donors (Lipinski definition) is 2. The summed E-state index contributed by atoms with van der Waals surface area (Å²) in [6.45, 7) is 4.48. The molecule has 72 valence electrons. The summed E-state index contributed by atoms with van der Waals surface area (Å²) in [5.41, 5.74) is 6.95. The quantitative estimate of drug-likeness (QED) is 0.665. The molecular formula is C9H16N4. The molecule has 0 aromatic carbocycles. The number of likely N-dealkylation sites (tertiary alicyclic amines) is 1. The Morgan fingerprint density at radius 1 is 1.69 bits per heavy atom. The lowest BCUT2D eigenvalue weighted by Gasteiger charge is -2.21. The standard InChI is InChI=1S/C9H16N4/c1-9(3-4-13(2)6-9)7-5-8(10)12-11-7/h5H,3-4,6H2,1-2H3,(H3,10,11,12). The van der Waals surface area contributed by atoms with Crippen molar-refractivity contribution in [1.82, 2.24) is 15.1 Å². The van der Waals surface area contributed by atoms with Gasteiger partial charge in [-0.1, -0.05) is 6.92 Å². The molecule has 1 saturated heterocycles.